The Kier molecular flexibility index (Phi) is 2.45. The fraction of sp³-hybridized carbons (Fsp3) is 0.700. The summed E-state index contributed by atoms with van der Waals surface area (Å²) in [6.45, 7) is 2.19. The van der Waals surface area contributed by atoms with E-state index >= 15 is 0 Å². The van der Waals surface area contributed by atoms with Gasteiger partial charge in [-0.3, -0.25) is 4.90 Å². The molecular formula is C20H26N2O2. The van der Waals surface area contributed by atoms with Crippen LogP contribution < -0.4 is 4.90 Å². The van der Waals surface area contributed by atoms with E-state index in [2.05, 4.69) is 48.0 Å². The highest BCUT2D eigenvalue weighted by atomic mass is 16.3. The van der Waals surface area contributed by atoms with Crippen molar-refractivity contribution < 1.29 is 10.2 Å². The van der Waals surface area contributed by atoms with Gasteiger partial charge in [-0.15, -0.1) is 0 Å². The van der Waals surface area contributed by atoms with Gasteiger partial charge in [0.25, 0.3) is 0 Å². The predicted octanol–water partition coefficient (Wildman–Crippen LogP) is 1.55. The van der Waals surface area contributed by atoms with E-state index in [-0.39, 0.29) is 17.7 Å². The number of nitrogens with zero attached hydrogens (tertiary/aromatic N) is 2. The highest BCUT2D eigenvalue weighted by Crippen LogP contribution is 2.68. The number of rotatable bonds is 1. The summed E-state index contributed by atoms with van der Waals surface area (Å²) < 4.78 is 0. The number of hydrogen-bond donors (Lipinski definition) is 2. The lowest BCUT2D eigenvalue weighted by molar-refractivity contribution is -0.211. The number of aliphatic hydroxyl groups is 2. The number of para-hydroxylation sites is 1. The van der Waals surface area contributed by atoms with Crippen molar-refractivity contribution in [2.24, 2.45) is 17.8 Å². The number of likely N-dealkylation sites (N-methyl/N-ethyl adjacent to an activating group) is 1. The van der Waals surface area contributed by atoms with Crippen LogP contribution in [0.5, 0.6) is 0 Å². The number of benzene rings is 1. The van der Waals surface area contributed by atoms with E-state index in [0.29, 0.717) is 35.9 Å². The van der Waals surface area contributed by atoms with Gasteiger partial charge in [-0.05, 0) is 36.8 Å². The lowest BCUT2D eigenvalue weighted by Crippen LogP contribution is -2.72. The second-order valence-electron chi connectivity index (χ2n) is 8.81. The third-order valence-electron chi connectivity index (χ3n) is 8.46. The molecule has 1 aromatic carbocycles. The maximum atomic E-state index is 11.6. The van der Waals surface area contributed by atoms with Crippen LogP contribution in [0.15, 0.2) is 24.3 Å². The van der Waals surface area contributed by atoms with E-state index < -0.39 is 0 Å². The van der Waals surface area contributed by atoms with Crippen LogP contribution in [-0.2, 0) is 5.41 Å². The minimum absolute atomic E-state index is 0.126. The zero-order valence-corrected chi connectivity index (χ0v) is 14.3. The van der Waals surface area contributed by atoms with Gasteiger partial charge >= 0.3 is 0 Å². The van der Waals surface area contributed by atoms with Gasteiger partial charge in [0, 0.05) is 42.1 Å². The zero-order valence-electron chi connectivity index (χ0n) is 14.3. The quantitative estimate of drug-likeness (QED) is 0.822. The van der Waals surface area contributed by atoms with Crippen LogP contribution >= 0.6 is 0 Å². The Labute approximate surface area is 143 Å². The predicted molar refractivity (Wildman–Crippen MR) is 91.7 cm³/mol. The van der Waals surface area contributed by atoms with Crippen LogP contribution in [-0.4, -0.2) is 52.6 Å². The first-order valence-corrected chi connectivity index (χ1v) is 9.57. The molecule has 4 nitrogen and oxygen atoms in total. The highest BCUT2D eigenvalue weighted by molar-refractivity contribution is 5.67. The van der Waals surface area contributed by atoms with Gasteiger partial charge in [-0.25, -0.2) is 0 Å². The Morgan fingerprint density at radius 1 is 1.21 bits per heavy atom. The molecular weight excluding hydrogens is 300 g/mol. The molecule has 1 aromatic rings. The van der Waals surface area contributed by atoms with E-state index in [0.717, 1.165) is 19.3 Å². The van der Waals surface area contributed by atoms with Crippen molar-refractivity contribution in [3.8, 4) is 0 Å². The second-order valence-corrected chi connectivity index (χ2v) is 8.81. The monoisotopic (exact) mass is 326 g/mol. The summed E-state index contributed by atoms with van der Waals surface area (Å²) in [4.78, 5) is 4.83. The van der Waals surface area contributed by atoms with Crippen molar-refractivity contribution in [2.75, 3.05) is 11.9 Å². The van der Waals surface area contributed by atoms with Gasteiger partial charge in [0.1, 0.15) is 6.23 Å². The number of anilines is 1. The number of piperidine rings is 4. The maximum absolute atomic E-state index is 11.6. The molecule has 1 spiro atoms. The smallest absolute Gasteiger partial charge is 0.111 e. The van der Waals surface area contributed by atoms with Crippen LogP contribution in [0.3, 0.4) is 0 Å². The van der Waals surface area contributed by atoms with E-state index in [4.69, 9.17) is 0 Å². The lowest BCUT2D eigenvalue weighted by Gasteiger charge is -2.62. The van der Waals surface area contributed by atoms with E-state index in [1.807, 2.05) is 0 Å². The minimum Gasteiger partial charge on any atom is -0.392 e. The van der Waals surface area contributed by atoms with Crippen molar-refractivity contribution >= 4 is 5.69 Å². The summed E-state index contributed by atoms with van der Waals surface area (Å²) in [6.07, 6.45) is 2.56. The minimum atomic E-state index is -0.319. The van der Waals surface area contributed by atoms with E-state index in [1.165, 1.54) is 11.3 Å². The van der Waals surface area contributed by atoms with Gasteiger partial charge in [-0.1, -0.05) is 25.1 Å². The highest BCUT2D eigenvalue weighted by Gasteiger charge is 2.76. The molecule has 4 saturated heterocycles. The second kappa shape index (κ2) is 4.17. The summed E-state index contributed by atoms with van der Waals surface area (Å²) >= 11 is 0. The summed E-state index contributed by atoms with van der Waals surface area (Å²) in [7, 11) is 2.19. The molecule has 24 heavy (non-hydrogen) atoms. The molecule has 0 radical (unpaired) electrons. The van der Waals surface area contributed by atoms with Crippen LogP contribution in [0, 0.1) is 17.8 Å². The van der Waals surface area contributed by atoms with Crippen LogP contribution in [0.4, 0.5) is 5.69 Å². The molecule has 1 aliphatic carbocycles. The Morgan fingerprint density at radius 2 is 2.00 bits per heavy atom. The van der Waals surface area contributed by atoms with Crippen molar-refractivity contribution in [1.29, 1.82) is 0 Å². The Hall–Kier alpha value is -1.10. The molecule has 5 heterocycles. The summed E-state index contributed by atoms with van der Waals surface area (Å²) in [5, 5.41) is 22.6. The SMILES string of the molecule is CC[C@@H]1[C@@H](O)N2C3C[C@H]1C1[C@@H]2C[C@]2(c4ccccc4N(C)[C@@H]32)[C@H]1O. The summed E-state index contributed by atoms with van der Waals surface area (Å²) in [5.74, 6) is 1.14. The third kappa shape index (κ3) is 1.20. The molecule has 5 aliphatic heterocycles. The van der Waals surface area contributed by atoms with Gasteiger partial charge in [0.2, 0.25) is 0 Å². The molecule has 7 rings (SSSR count). The van der Waals surface area contributed by atoms with Gasteiger partial charge in [-0.2, -0.15) is 0 Å². The van der Waals surface area contributed by atoms with Gasteiger partial charge < -0.3 is 15.1 Å². The standard InChI is InChI=1S/C20H26N2O2/c1-3-10-11-8-14-17-20(12-6-4-5-7-13(12)21(17)2)9-15(16(11)18(20)23)22(14)19(10)24/h4-7,10-11,14-19,23-24H,3,8-9H2,1-2H3/t10-,11+,14?,15-,16?,17-,18-,19+,20+/m0/s1. The largest absolute Gasteiger partial charge is 0.392 e. The van der Waals surface area contributed by atoms with Crippen molar-refractivity contribution in [2.45, 2.75) is 62.1 Å². The van der Waals surface area contributed by atoms with Crippen LogP contribution in [0.25, 0.3) is 0 Å². The summed E-state index contributed by atoms with van der Waals surface area (Å²) in [5.41, 5.74) is 2.51. The Morgan fingerprint density at radius 3 is 2.79 bits per heavy atom. The Bertz CT molecular complexity index is 723. The van der Waals surface area contributed by atoms with E-state index in [9.17, 15) is 10.2 Å². The van der Waals surface area contributed by atoms with Crippen molar-refractivity contribution in [1.82, 2.24) is 4.90 Å². The molecule has 128 valence electrons. The lowest BCUT2D eigenvalue weighted by atomic mass is 9.62. The first-order valence-electron chi connectivity index (χ1n) is 9.57. The molecule has 6 aliphatic rings. The maximum Gasteiger partial charge on any atom is 0.111 e. The number of aliphatic hydroxyl groups excluding tert-OH is 2. The molecule has 10 atom stereocenters. The number of fused-ring (bicyclic) bond motifs is 2. The Balaban J connectivity index is 1.60. The number of hydrogen-bond acceptors (Lipinski definition) is 4. The summed E-state index contributed by atoms with van der Waals surface area (Å²) in [6, 6.07) is 9.70. The topological polar surface area (TPSA) is 46.9 Å². The normalized spacial score (nSPS) is 55.8. The fourth-order valence-corrected chi connectivity index (χ4v) is 7.88. The zero-order chi connectivity index (χ0) is 16.4. The molecule has 2 N–H and O–H groups in total. The molecule has 3 unspecified atom stereocenters. The molecule has 0 aromatic heterocycles. The van der Waals surface area contributed by atoms with Crippen molar-refractivity contribution in [3.63, 3.8) is 0 Å². The molecule has 5 fully saturated rings. The first kappa shape index (κ1) is 14.1. The molecule has 5 bridgehead atoms. The fourth-order valence-electron chi connectivity index (χ4n) is 7.88. The third-order valence-corrected chi connectivity index (χ3v) is 8.46. The first-order chi connectivity index (χ1) is 11.6. The average molecular weight is 326 g/mol. The average Bonchev–Trinajstić information content (AvgIpc) is 2.97. The molecule has 0 amide bonds. The van der Waals surface area contributed by atoms with Crippen LogP contribution in [0.1, 0.15) is 31.7 Å². The van der Waals surface area contributed by atoms with Crippen molar-refractivity contribution in [3.05, 3.63) is 29.8 Å². The van der Waals surface area contributed by atoms with E-state index in [1.54, 1.807) is 0 Å². The van der Waals surface area contributed by atoms with Gasteiger partial charge in [0.05, 0.1) is 12.1 Å². The molecule has 4 heteroatoms. The van der Waals surface area contributed by atoms with Gasteiger partial charge in [0.15, 0.2) is 0 Å². The molecule has 1 saturated carbocycles. The van der Waals surface area contributed by atoms with Crippen LogP contribution in [0.2, 0.25) is 0 Å².